The van der Waals surface area contributed by atoms with Gasteiger partial charge in [-0.15, -0.1) is 0 Å². The predicted molar refractivity (Wildman–Crippen MR) is 87.9 cm³/mol. The first-order valence-electron chi connectivity index (χ1n) is 7.77. The number of nitrogens with zero attached hydrogens (tertiary/aromatic N) is 3. The zero-order valence-electron chi connectivity index (χ0n) is 13.9. The molecule has 6 nitrogen and oxygen atoms in total. The second-order valence-electron chi connectivity index (χ2n) is 5.81. The van der Waals surface area contributed by atoms with Crippen molar-refractivity contribution in [2.45, 2.75) is 32.6 Å². The van der Waals surface area contributed by atoms with Gasteiger partial charge in [-0.25, -0.2) is 4.98 Å². The van der Waals surface area contributed by atoms with Crippen LogP contribution >= 0.6 is 0 Å². The van der Waals surface area contributed by atoms with Crippen LogP contribution in [0.2, 0.25) is 0 Å². The second-order valence-corrected chi connectivity index (χ2v) is 5.81. The van der Waals surface area contributed by atoms with Crippen LogP contribution in [0.15, 0.2) is 30.5 Å². The van der Waals surface area contributed by atoms with Crippen molar-refractivity contribution in [1.82, 2.24) is 15.0 Å². The minimum absolute atomic E-state index is 0.00642. The molecule has 0 fully saturated rings. The molecular formula is C16H20F3N5O. The Labute approximate surface area is 143 Å². The standard InChI is InChI=1S/C16H20F3N5O/c1-10(2)12(9-25)22-15-23-13(16(17,18)19)7-14(24-15)21-8-11-5-3-4-6-20-11/h3-7,10,12,25H,8-9H2,1-2H3,(H2,21,22,23,24)/t12-/m0/s1. The maximum absolute atomic E-state index is 13.1. The number of halogens is 3. The lowest BCUT2D eigenvalue weighted by atomic mass is 10.1. The van der Waals surface area contributed by atoms with Gasteiger partial charge in [0, 0.05) is 12.3 Å². The van der Waals surface area contributed by atoms with Gasteiger partial charge in [-0.05, 0) is 18.1 Å². The monoisotopic (exact) mass is 355 g/mol. The maximum Gasteiger partial charge on any atom is 0.433 e. The number of aliphatic hydroxyl groups excluding tert-OH is 1. The molecule has 2 rings (SSSR count). The Morgan fingerprint density at radius 2 is 1.96 bits per heavy atom. The van der Waals surface area contributed by atoms with Crippen molar-refractivity contribution >= 4 is 11.8 Å². The Hall–Kier alpha value is -2.42. The number of aromatic nitrogens is 3. The van der Waals surface area contributed by atoms with Crippen LogP contribution in [0, 0.1) is 5.92 Å². The first-order valence-corrected chi connectivity index (χ1v) is 7.77. The zero-order chi connectivity index (χ0) is 18.4. The van der Waals surface area contributed by atoms with Crippen LogP contribution in [-0.2, 0) is 12.7 Å². The molecule has 3 N–H and O–H groups in total. The van der Waals surface area contributed by atoms with E-state index in [0.717, 1.165) is 6.07 Å². The minimum Gasteiger partial charge on any atom is -0.394 e. The summed E-state index contributed by atoms with van der Waals surface area (Å²) in [6, 6.07) is 5.67. The van der Waals surface area contributed by atoms with E-state index in [-0.39, 0.29) is 30.8 Å². The number of anilines is 2. The van der Waals surface area contributed by atoms with E-state index in [1.807, 2.05) is 13.8 Å². The smallest absolute Gasteiger partial charge is 0.394 e. The van der Waals surface area contributed by atoms with Gasteiger partial charge in [0.2, 0.25) is 5.95 Å². The molecule has 1 atom stereocenters. The summed E-state index contributed by atoms with van der Waals surface area (Å²) in [6.45, 7) is 3.65. The molecule has 0 radical (unpaired) electrons. The Balaban J connectivity index is 2.24. The number of hydrogen-bond donors (Lipinski definition) is 3. The van der Waals surface area contributed by atoms with E-state index in [9.17, 15) is 18.3 Å². The number of aliphatic hydroxyl groups is 1. The lowest BCUT2D eigenvalue weighted by molar-refractivity contribution is -0.141. The van der Waals surface area contributed by atoms with Crippen LogP contribution in [0.25, 0.3) is 0 Å². The van der Waals surface area contributed by atoms with Crippen molar-refractivity contribution in [1.29, 1.82) is 0 Å². The summed E-state index contributed by atoms with van der Waals surface area (Å²) in [5.74, 6) is -0.171. The van der Waals surface area contributed by atoms with Crippen LogP contribution in [0.4, 0.5) is 24.9 Å². The summed E-state index contributed by atoms with van der Waals surface area (Å²) >= 11 is 0. The maximum atomic E-state index is 13.1. The molecule has 2 aromatic heterocycles. The van der Waals surface area contributed by atoms with Gasteiger partial charge in [0.15, 0.2) is 5.69 Å². The van der Waals surface area contributed by atoms with Gasteiger partial charge in [0.25, 0.3) is 0 Å². The molecule has 2 aromatic rings. The number of pyridine rings is 1. The van der Waals surface area contributed by atoms with E-state index in [4.69, 9.17) is 0 Å². The fourth-order valence-electron chi connectivity index (χ4n) is 2.02. The molecule has 0 bridgehead atoms. The third-order valence-corrected chi connectivity index (χ3v) is 3.51. The molecule has 136 valence electrons. The van der Waals surface area contributed by atoms with Gasteiger partial charge >= 0.3 is 6.18 Å². The number of alkyl halides is 3. The molecule has 0 aliphatic carbocycles. The van der Waals surface area contributed by atoms with E-state index >= 15 is 0 Å². The first kappa shape index (κ1) is 18.9. The Kier molecular flexibility index (Phi) is 6.13. The normalized spacial score (nSPS) is 12.9. The van der Waals surface area contributed by atoms with Crippen molar-refractivity contribution in [3.63, 3.8) is 0 Å². The molecule has 0 aliphatic heterocycles. The molecule has 0 aliphatic rings. The van der Waals surface area contributed by atoms with Crippen molar-refractivity contribution in [3.05, 3.63) is 41.9 Å². The van der Waals surface area contributed by atoms with Gasteiger partial charge in [-0.2, -0.15) is 18.2 Å². The SMILES string of the molecule is CC(C)[C@H](CO)Nc1nc(NCc2ccccn2)cc(C(F)(F)F)n1. The summed E-state index contributed by atoms with van der Waals surface area (Å²) in [6.07, 6.45) is -3.01. The topological polar surface area (TPSA) is 83.0 Å². The van der Waals surface area contributed by atoms with Crippen LogP contribution < -0.4 is 10.6 Å². The number of rotatable bonds is 7. The van der Waals surface area contributed by atoms with Crippen LogP contribution in [0.1, 0.15) is 25.2 Å². The quantitative estimate of drug-likeness (QED) is 0.708. The van der Waals surface area contributed by atoms with Crippen LogP contribution in [0.3, 0.4) is 0 Å². The molecule has 0 unspecified atom stereocenters. The second kappa shape index (κ2) is 8.11. The average molecular weight is 355 g/mol. The van der Waals surface area contributed by atoms with Gasteiger partial charge in [0.05, 0.1) is 24.9 Å². The lowest BCUT2D eigenvalue weighted by Crippen LogP contribution is -2.30. The molecule has 0 saturated carbocycles. The van der Waals surface area contributed by atoms with Crippen molar-refractivity contribution < 1.29 is 18.3 Å². The minimum atomic E-state index is -4.60. The van der Waals surface area contributed by atoms with Crippen LogP contribution in [-0.4, -0.2) is 32.7 Å². The lowest BCUT2D eigenvalue weighted by Gasteiger charge is -2.21. The third kappa shape index (κ3) is 5.56. The van der Waals surface area contributed by atoms with Gasteiger partial charge < -0.3 is 15.7 Å². The highest BCUT2D eigenvalue weighted by Crippen LogP contribution is 2.30. The van der Waals surface area contributed by atoms with Crippen molar-refractivity contribution in [3.8, 4) is 0 Å². The van der Waals surface area contributed by atoms with E-state index in [2.05, 4.69) is 25.6 Å². The summed E-state index contributed by atoms with van der Waals surface area (Å²) in [7, 11) is 0. The summed E-state index contributed by atoms with van der Waals surface area (Å²) in [5.41, 5.74) is -0.395. The largest absolute Gasteiger partial charge is 0.433 e. The van der Waals surface area contributed by atoms with Crippen molar-refractivity contribution in [2.24, 2.45) is 5.92 Å². The Morgan fingerprint density at radius 1 is 1.20 bits per heavy atom. The first-order chi connectivity index (χ1) is 11.8. The molecule has 2 heterocycles. The summed E-state index contributed by atoms with van der Waals surface area (Å²) in [4.78, 5) is 11.7. The molecule has 0 amide bonds. The highest BCUT2D eigenvalue weighted by molar-refractivity contribution is 5.44. The summed E-state index contributed by atoms with van der Waals surface area (Å²) in [5, 5.41) is 14.9. The fourth-order valence-corrected chi connectivity index (χ4v) is 2.02. The highest BCUT2D eigenvalue weighted by atomic mass is 19.4. The van der Waals surface area contributed by atoms with Gasteiger partial charge in [-0.1, -0.05) is 19.9 Å². The molecule has 0 saturated heterocycles. The molecular weight excluding hydrogens is 335 g/mol. The van der Waals surface area contributed by atoms with Crippen LogP contribution in [0.5, 0.6) is 0 Å². The number of hydrogen-bond acceptors (Lipinski definition) is 6. The van der Waals surface area contributed by atoms with Gasteiger partial charge in [-0.3, -0.25) is 4.98 Å². The van der Waals surface area contributed by atoms with E-state index in [1.54, 1.807) is 24.4 Å². The summed E-state index contributed by atoms with van der Waals surface area (Å²) < 4.78 is 39.2. The van der Waals surface area contributed by atoms with E-state index in [0.29, 0.717) is 5.69 Å². The molecule has 0 aromatic carbocycles. The third-order valence-electron chi connectivity index (χ3n) is 3.51. The van der Waals surface area contributed by atoms with E-state index < -0.39 is 17.9 Å². The Morgan fingerprint density at radius 3 is 2.52 bits per heavy atom. The average Bonchev–Trinajstić information content (AvgIpc) is 2.57. The van der Waals surface area contributed by atoms with Gasteiger partial charge in [0.1, 0.15) is 5.82 Å². The predicted octanol–water partition coefficient (Wildman–Crippen LogP) is 2.93. The Bertz CT molecular complexity index is 679. The number of nitrogens with one attached hydrogen (secondary N) is 2. The molecule has 25 heavy (non-hydrogen) atoms. The zero-order valence-corrected chi connectivity index (χ0v) is 13.9. The fraction of sp³-hybridized carbons (Fsp3) is 0.438. The molecule has 9 heteroatoms. The highest BCUT2D eigenvalue weighted by Gasteiger charge is 2.34. The van der Waals surface area contributed by atoms with E-state index in [1.165, 1.54) is 0 Å². The molecule has 0 spiro atoms. The van der Waals surface area contributed by atoms with Crippen molar-refractivity contribution in [2.75, 3.05) is 17.2 Å².